The average Bonchev–Trinajstić information content (AvgIpc) is 2.74. The Morgan fingerprint density at radius 1 is 0.469 bits per heavy atom. The predicted octanol–water partition coefficient (Wildman–Crippen LogP) is 8.48. The molecular formula is C28H34O2Si2. The Morgan fingerprint density at radius 2 is 0.812 bits per heavy atom. The highest BCUT2D eigenvalue weighted by atomic mass is 28.4. The standard InChI is InChI=1S/C28H34O2Si2/c1-31(2,3)29-27(25-19-11-15-21-13-7-9-17-23(21)25)28(30-32(4,5)6)26-20-12-16-22-14-8-10-18-24(22)26/h7-20,27-28H,1-6H3. The van der Waals surface area contributed by atoms with E-state index in [0.29, 0.717) is 0 Å². The van der Waals surface area contributed by atoms with E-state index >= 15 is 0 Å². The molecule has 0 saturated carbocycles. The fourth-order valence-corrected chi connectivity index (χ4v) is 6.36. The van der Waals surface area contributed by atoms with Gasteiger partial charge in [-0.3, -0.25) is 0 Å². The van der Waals surface area contributed by atoms with Crippen LogP contribution in [0.25, 0.3) is 21.5 Å². The van der Waals surface area contributed by atoms with Crippen LogP contribution in [-0.2, 0) is 8.85 Å². The predicted molar refractivity (Wildman–Crippen MR) is 142 cm³/mol. The molecule has 2 unspecified atom stereocenters. The zero-order valence-corrected chi connectivity index (χ0v) is 22.1. The van der Waals surface area contributed by atoms with Crippen LogP contribution in [-0.4, -0.2) is 16.6 Å². The Balaban J connectivity index is 1.97. The van der Waals surface area contributed by atoms with Gasteiger partial charge >= 0.3 is 0 Å². The molecule has 2 atom stereocenters. The smallest absolute Gasteiger partial charge is 0.184 e. The van der Waals surface area contributed by atoms with Crippen molar-refractivity contribution in [3.8, 4) is 0 Å². The normalized spacial score (nSPS) is 14.6. The van der Waals surface area contributed by atoms with Crippen LogP contribution in [0.15, 0.2) is 84.9 Å². The van der Waals surface area contributed by atoms with E-state index in [1.807, 2.05) is 0 Å². The minimum Gasteiger partial charge on any atom is -0.408 e. The van der Waals surface area contributed by atoms with Crippen LogP contribution in [0.4, 0.5) is 0 Å². The molecule has 0 saturated heterocycles. The first-order chi connectivity index (χ1) is 15.1. The molecule has 0 N–H and O–H groups in total. The summed E-state index contributed by atoms with van der Waals surface area (Å²) >= 11 is 0. The van der Waals surface area contributed by atoms with Crippen LogP contribution in [0.5, 0.6) is 0 Å². The number of hydrogen-bond donors (Lipinski definition) is 0. The van der Waals surface area contributed by atoms with Crippen molar-refractivity contribution in [2.75, 3.05) is 0 Å². The topological polar surface area (TPSA) is 18.5 Å². The molecule has 0 fully saturated rings. The molecule has 4 aromatic rings. The van der Waals surface area contributed by atoms with Gasteiger partial charge in [0, 0.05) is 0 Å². The van der Waals surface area contributed by atoms with Crippen molar-refractivity contribution < 1.29 is 8.85 Å². The summed E-state index contributed by atoms with van der Waals surface area (Å²) in [7, 11) is -3.79. The van der Waals surface area contributed by atoms with Gasteiger partial charge in [0.15, 0.2) is 16.6 Å². The first-order valence-corrected chi connectivity index (χ1v) is 18.2. The number of rotatable bonds is 7. The van der Waals surface area contributed by atoms with Crippen LogP contribution in [0.1, 0.15) is 23.3 Å². The average molecular weight is 459 g/mol. The van der Waals surface area contributed by atoms with Crippen molar-refractivity contribution in [3.63, 3.8) is 0 Å². The van der Waals surface area contributed by atoms with Crippen molar-refractivity contribution >= 4 is 38.2 Å². The van der Waals surface area contributed by atoms with Crippen LogP contribution in [0.3, 0.4) is 0 Å². The van der Waals surface area contributed by atoms with Crippen LogP contribution in [0, 0.1) is 0 Å². The lowest BCUT2D eigenvalue weighted by Crippen LogP contribution is -2.36. The second kappa shape index (κ2) is 8.95. The van der Waals surface area contributed by atoms with Crippen molar-refractivity contribution in [2.24, 2.45) is 0 Å². The van der Waals surface area contributed by atoms with E-state index in [-0.39, 0.29) is 12.2 Å². The highest BCUT2D eigenvalue weighted by molar-refractivity contribution is 6.70. The van der Waals surface area contributed by atoms with Crippen LogP contribution in [0.2, 0.25) is 39.3 Å². The maximum atomic E-state index is 6.98. The van der Waals surface area contributed by atoms with E-state index in [4.69, 9.17) is 8.85 Å². The number of benzene rings is 4. The molecule has 0 aliphatic heterocycles. The van der Waals surface area contributed by atoms with E-state index < -0.39 is 16.6 Å². The SMILES string of the molecule is C[Si](C)(C)OC(c1cccc2ccccc12)C(O[Si](C)(C)C)c1cccc2ccccc12. The van der Waals surface area contributed by atoms with Crippen molar-refractivity contribution in [1.29, 1.82) is 0 Å². The first-order valence-electron chi connectivity index (χ1n) is 11.4. The van der Waals surface area contributed by atoms with Gasteiger partial charge in [-0.2, -0.15) is 0 Å². The van der Waals surface area contributed by atoms with E-state index in [2.05, 4.69) is 124 Å². The Bertz CT molecular complexity index is 1110. The zero-order valence-electron chi connectivity index (χ0n) is 20.1. The molecule has 0 amide bonds. The summed E-state index contributed by atoms with van der Waals surface area (Å²) in [6.45, 7) is 13.6. The van der Waals surface area contributed by atoms with E-state index in [1.54, 1.807) is 0 Å². The Morgan fingerprint density at radius 3 is 1.19 bits per heavy atom. The van der Waals surface area contributed by atoms with Crippen molar-refractivity contribution in [3.05, 3.63) is 96.1 Å². The fourth-order valence-electron chi connectivity index (χ4n) is 4.34. The first kappa shape index (κ1) is 22.9. The third-order valence-corrected chi connectivity index (χ3v) is 7.42. The Kier molecular flexibility index (Phi) is 6.41. The summed E-state index contributed by atoms with van der Waals surface area (Å²) in [6, 6.07) is 30.3. The molecular weight excluding hydrogens is 424 g/mol. The fraction of sp³-hybridized carbons (Fsp3) is 0.286. The molecule has 4 heteroatoms. The molecule has 0 aliphatic carbocycles. The largest absolute Gasteiger partial charge is 0.408 e. The van der Waals surface area contributed by atoms with Crippen molar-refractivity contribution in [2.45, 2.75) is 51.5 Å². The molecule has 0 spiro atoms. The lowest BCUT2D eigenvalue weighted by molar-refractivity contribution is 0.0439. The summed E-state index contributed by atoms with van der Waals surface area (Å²) in [4.78, 5) is 0. The third kappa shape index (κ3) is 5.21. The van der Waals surface area contributed by atoms with Crippen LogP contribution < -0.4 is 0 Å². The molecule has 0 heterocycles. The van der Waals surface area contributed by atoms with E-state index in [1.165, 1.54) is 32.7 Å². The van der Waals surface area contributed by atoms with Gasteiger partial charge in [0.1, 0.15) is 12.2 Å². The third-order valence-electron chi connectivity index (χ3n) is 5.50. The minimum atomic E-state index is -1.89. The van der Waals surface area contributed by atoms with E-state index in [0.717, 1.165) is 0 Å². The van der Waals surface area contributed by atoms with Crippen molar-refractivity contribution in [1.82, 2.24) is 0 Å². The summed E-state index contributed by atoms with van der Waals surface area (Å²) in [6.07, 6.45) is -0.351. The minimum absolute atomic E-state index is 0.176. The van der Waals surface area contributed by atoms with E-state index in [9.17, 15) is 0 Å². The van der Waals surface area contributed by atoms with Crippen LogP contribution >= 0.6 is 0 Å². The molecule has 0 aromatic heterocycles. The monoisotopic (exact) mass is 458 g/mol. The van der Waals surface area contributed by atoms with Gasteiger partial charge in [0.2, 0.25) is 0 Å². The van der Waals surface area contributed by atoms with Gasteiger partial charge in [0.25, 0.3) is 0 Å². The van der Waals surface area contributed by atoms with Gasteiger partial charge in [-0.1, -0.05) is 84.9 Å². The molecule has 2 nitrogen and oxygen atoms in total. The summed E-state index contributed by atoms with van der Waals surface area (Å²) in [5.74, 6) is 0. The summed E-state index contributed by atoms with van der Waals surface area (Å²) < 4.78 is 14.0. The maximum absolute atomic E-state index is 6.98. The molecule has 0 bridgehead atoms. The number of hydrogen-bond acceptors (Lipinski definition) is 2. The highest BCUT2D eigenvalue weighted by Crippen LogP contribution is 2.43. The lowest BCUT2D eigenvalue weighted by atomic mass is 9.91. The lowest BCUT2D eigenvalue weighted by Gasteiger charge is -2.37. The highest BCUT2D eigenvalue weighted by Gasteiger charge is 2.35. The molecule has 0 aliphatic rings. The second-order valence-electron chi connectivity index (χ2n) is 10.4. The maximum Gasteiger partial charge on any atom is 0.184 e. The molecule has 4 aromatic carbocycles. The van der Waals surface area contributed by atoms with Gasteiger partial charge < -0.3 is 8.85 Å². The van der Waals surface area contributed by atoms with Gasteiger partial charge in [0.05, 0.1) is 0 Å². The zero-order chi connectivity index (χ0) is 22.9. The molecule has 0 radical (unpaired) electrons. The Labute approximate surface area is 194 Å². The van der Waals surface area contributed by atoms with Gasteiger partial charge in [-0.25, -0.2) is 0 Å². The second-order valence-corrected chi connectivity index (χ2v) is 19.4. The summed E-state index contributed by atoms with van der Waals surface area (Å²) in [5, 5.41) is 4.95. The summed E-state index contributed by atoms with van der Waals surface area (Å²) in [5.41, 5.74) is 2.42. The van der Waals surface area contributed by atoms with Gasteiger partial charge in [-0.05, 0) is 72.0 Å². The quantitative estimate of drug-likeness (QED) is 0.258. The van der Waals surface area contributed by atoms with Gasteiger partial charge in [-0.15, -0.1) is 0 Å². The molecule has 32 heavy (non-hydrogen) atoms. The molecule has 4 rings (SSSR count). The Hall–Kier alpha value is -2.25. The number of fused-ring (bicyclic) bond motifs is 2. The molecule has 166 valence electrons.